The number of hydrogen-bond donors (Lipinski definition) is 7. The van der Waals surface area contributed by atoms with Crippen molar-refractivity contribution in [3.05, 3.63) is 61.7 Å². The maximum Gasteiger partial charge on any atom is 0.299 e. The molecule has 49 heavy (non-hydrogen) atoms. The molecule has 7 N–H and O–H groups in total. The van der Waals surface area contributed by atoms with E-state index in [1.165, 1.54) is 37.8 Å². The fourth-order valence-electron chi connectivity index (χ4n) is 6.03. The third kappa shape index (κ3) is 15.7. The third-order valence-corrected chi connectivity index (χ3v) is 8.83. The van der Waals surface area contributed by atoms with Crippen molar-refractivity contribution in [1.82, 2.24) is 5.32 Å². The number of nitro benzene ring substituents is 2. The fraction of sp³-hybridized carbons (Fsp3) is 0.688. The highest BCUT2D eigenvalue weighted by atomic mass is 32.1. The third-order valence-electron chi connectivity index (χ3n) is 8.83. The van der Waals surface area contributed by atoms with Crippen LogP contribution >= 0.6 is 54.0 Å². The van der Waals surface area contributed by atoms with E-state index in [0.29, 0.717) is 0 Å². The van der Waals surface area contributed by atoms with Crippen molar-refractivity contribution >= 4 is 71.0 Å². The first-order chi connectivity index (χ1) is 21.0. The zero-order chi connectivity index (χ0) is 32.2. The second-order valence-corrected chi connectivity index (χ2v) is 12.1. The van der Waals surface area contributed by atoms with E-state index >= 15 is 0 Å². The van der Waals surface area contributed by atoms with Gasteiger partial charge in [-0.3, -0.25) is 20.2 Å². The van der Waals surface area contributed by atoms with E-state index in [0.717, 1.165) is 62.7 Å². The number of aliphatic hydroxyl groups is 5. The molecule has 0 heterocycles. The first kappa shape index (κ1) is 51.8. The SMILES string of the molecule is C.CC1CCCCCCCCCCC/C1=C/[C@@H](O)C(CNC1C=C(CO)C(O)C(O)[C@H]1O)Nc1ccc([N+](=O)[O-])cc1[N+](=O)[O-].S.S.S.S. The Kier molecular flexibility index (Phi) is 27.8. The summed E-state index contributed by atoms with van der Waals surface area (Å²) in [6.07, 6.45) is 9.84. The van der Waals surface area contributed by atoms with E-state index in [1.807, 2.05) is 0 Å². The van der Waals surface area contributed by atoms with Gasteiger partial charge in [0, 0.05) is 12.6 Å². The molecule has 2 aliphatic carbocycles. The normalized spacial score (nSPS) is 25.2. The van der Waals surface area contributed by atoms with E-state index < -0.39 is 64.3 Å². The van der Waals surface area contributed by atoms with Gasteiger partial charge in [-0.2, -0.15) is 54.0 Å². The van der Waals surface area contributed by atoms with Crippen LogP contribution in [0.4, 0.5) is 17.1 Å². The Labute approximate surface area is 318 Å². The van der Waals surface area contributed by atoms with Gasteiger partial charge in [-0.05, 0) is 36.8 Å². The molecule has 0 aliphatic heterocycles. The van der Waals surface area contributed by atoms with Gasteiger partial charge in [0.15, 0.2) is 0 Å². The largest absolute Gasteiger partial charge is 0.392 e. The Morgan fingerprint density at radius 2 is 1.47 bits per heavy atom. The summed E-state index contributed by atoms with van der Waals surface area (Å²) >= 11 is 0. The summed E-state index contributed by atoms with van der Waals surface area (Å²) in [7, 11) is 0. The van der Waals surface area contributed by atoms with Crippen molar-refractivity contribution in [3.63, 3.8) is 0 Å². The molecule has 286 valence electrons. The van der Waals surface area contributed by atoms with Gasteiger partial charge in [0.2, 0.25) is 0 Å². The summed E-state index contributed by atoms with van der Waals surface area (Å²) < 4.78 is 0. The number of non-ortho nitro benzene ring substituents is 1. The minimum atomic E-state index is -1.56. The molecule has 0 radical (unpaired) electrons. The zero-order valence-corrected chi connectivity index (χ0v) is 31.4. The van der Waals surface area contributed by atoms with Crippen LogP contribution in [0.25, 0.3) is 0 Å². The number of allylic oxidation sites excluding steroid dienone is 1. The Balaban J connectivity index is -0.00000423. The molecular formula is C32H60N4O9S4. The van der Waals surface area contributed by atoms with Gasteiger partial charge in [0.25, 0.3) is 11.4 Å². The number of benzene rings is 1. The lowest BCUT2D eigenvalue weighted by molar-refractivity contribution is -0.393. The van der Waals surface area contributed by atoms with E-state index in [4.69, 9.17) is 0 Å². The molecule has 0 amide bonds. The maximum atomic E-state index is 11.8. The van der Waals surface area contributed by atoms with Crippen LogP contribution in [0.1, 0.15) is 85.0 Å². The van der Waals surface area contributed by atoms with Gasteiger partial charge < -0.3 is 36.2 Å². The zero-order valence-electron chi connectivity index (χ0n) is 27.4. The Hall–Kier alpha value is -1.54. The van der Waals surface area contributed by atoms with E-state index in [2.05, 4.69) is 17.6 Å². The smallest absolute Gasteiger partial charge is 0.299 e. The Morgan fingerprint density at radius 3 is 2.02 bits per heavy atom. The highest BCUT2D eigenvalue weighted by molar-refractivity contribution is 7.59. The number of nitro groups is 2. The molecule has 1 fully saturated rings. The van der Waals surface area contributed by atoms with Crippen molar-refractivity contribution in [1.29, 1.82) is 0 Å². The number of anilines is 1. The van der Waals surface area contributed by atoms with Gasteiger partial charge in [0.05, 0.1) is 40.7 Å². The molecule has 13 nitrogen and oxygen atoms in total. The predicted octanol–water partition coefficient (Wildman–Crippen LogP) is 4.57. The van der Waals surface area contributed by atoms with Crippen LogP contribution < -0.4 is 10.6 Å². The summed E-state index contributed by atoms with van der Waals surface area (Å²) in [6.45, 7) is 1.55. The number of hydrogen-bond acceptors (Lipinski definition) is 11. The number of rotatable bonds is 10. The van der Waals surface area contributed by atoms with Crippen LogP contribution in [0.5, 0.6) is 0 Å². The molecule has 2 aliphatic rings. The molecule has 1 saturated carbocycles. The minimum absolute atomic E-state index is 0. The summed E-state index contributed by atoms with van der Waals surface area (Å²) in [5.41, 5.74) is 0.214. The molecule has 1 aromatic rings. The van der Waals surface area contributed by atoms with Crippen LogP contribution in [-0.4, -0.2) is 85.0 Å². The second-order valence-electron chi connectivity index (χ2n) is 12.1. The summed E-state index contributed by atoms with van der Waals surface area (Å²) in [4.78, 5) is 21.6. The van der Waals surface area contributed by atoms with Gasteiger partial charge in [-0.15, -0.1) is 0 Å². The molecule has 1 aromatic carbocycles. The van der Waals surface area contributed by atoms with Gasteiger partial charge in [0.1, 0.15) is 24.0 Å². The Bertz CT molecular complexity index is 1180. The van der Waals surface area contributed by atoms with Crippen molar-refractivity contribution in [2.75, 3.05) is 18.5 Å². The number of nitrogens with one attached hydrogen (secondary N) is 2. The molecule has 0 aromatic heterocycles. The molecule has 17 heteroatoms. The molecule has 0 spiro atoms. The lowest BCUT2D eigenvalue weighted by atomic mass is 9.87. The van der Waals surface area contributed by atoms with Crippen molar-refractivity contribution in [2.45, 2.75) is 121 Å². The topological polar surface area (TPSA) is 211 Å². The Morgan fingerprint density at radius 1 is 0.898 bits per heavy atom. The highest BCUT2D eigenvalue weighted by Crippen LogP contribution is 2.31. The fourth-order valence-corrected chi connectivity index (χ4v) is 6.03. The lowest BCUT2D eigenvalue weighted by Gasteiger charge is -2.36. The molecule has 0 saturated heterocycles. The van der Waals surface area contributed by atoms with Crippen molar-refractivity contribution < 1.29 is 35.4 Å². The lowest BCUT2D eigenvalue weighted by Crippen LogP contribution is -2.56. The van der Waals surface area contributed by atoms with Crippen LogP contribution in [-0.2, 0) is 0 Å². The first-order valence-electron chi connectivity index (χ1n) is 15.7. The number of aliphatic hydroxyl groups excluding tert-OH is 5. The monoisotopic (exact) mass is 772 g/mol. The standard InChI is InChI=1S/C31H48N4O9.CH4.4H2S/c1-20-11-9-7-5-3-2-4-6-8-10-12-21(20)16-28(37)26(18-32-25-15-22(19-36)29(38)31(40)30(25)39)33-24-14-13-23(34(41)42)17-27(24)35(43)44;;;;;/h13-17,20,25-26,28-33,36-40H,2-12,18-19H2,1H3;1H4;4*1H2/b21-16-;;;;;/t20?,25?,26?,28-,29?,30+,31?;;;;;/m1...../s1. The number of nitrogens with zero attached hydrogens (tertiary/aromatic N) is 2. The molecular weight excluding hydrogens is 713 g/mol. The summed E-state index contributed by atoms with van der Waals surface area (Å²) in [6, 6.07) is 1.41. The van der Waals surface area contributed by atoms with Crippen LogP contribution in [0, 0.1) is 26.1 Å². The highest BCUT2D eigenvalue weighted by Gasteiger charge is 2.37. The van der Waals surface area contributed by atoms with Crippen molar-refractivity contribution in [3.8, 4) is 0 Å². The van der Waals surface area contributed by atoms with E-state index in [1.54, 1.807) is 6.08 Å². The minimum Gasteiger partial charge on any atom is -0.392 e. The average Bonchev–Trinajstić information content (AvgIpc) is 3.02. The van der Waals surface area contributed by atoms with Gasteiger partial charge in [-0.1, -0.05) is 83.4 Å². The summed E-state index contributed by atoms with van der Waals surface area (Å²) in [5.74, 6) is 0.222. The van der Waals surface area contributed by atoms with E-state index in [-0.39, 0.29) is 85.1 Å². The maximum absolute atomic E-state index is 11.8. The van der Waals surface area contributed by atoms with Crippen molar-refractivity contribution in [2.24, 2.45) is 5.92 Å². The second kappa shape index (κ2) is 26.3. The van der Waals surface area contributed by atoms with Crippen LogP contribution in [0.15, 0.2) is 41.5 Å². The van der Waals surface area contributed by atoms with Gasteiger partial charge >= 0.3 is 0 Å². The molecule has 3 rings (SSSR count). The molecule has 0 bridgehead atoms. The first-order valence-corrected chi connectivity index (χ1v) is 15.7. The molecule has 5 unspecified atom stereocenters. The predicted molar refractivity (Wildman–Crippen MR) is 214 cm³/mol. The van der Waals surface area contributed by atoms with Gasteiger partial charge in [-0.25, -0.2) is 0 Å². The summed E-state index contributed by atoms with van der Waals surface area (Å²) in [5, 5.41) is 81.3. The average molecular weight is 773 g/mol. The van der Waals surface area contributed by atoms with Crippen LogP contribution in [0.3, 0.4) is 0 Å². The molecule has 7 atom stereocenters. The van der Waals surface area contributed by atoms with Crippen LogP contribution in [0.2, 0.25) is 0 Å². The van der Waals surface area contributed by atoms with E-state index in [9.17, 15) is 45.8 Å². The quantitative estimate of drug-likeness (QED) is 0.0995.